The van der Waals surface area contributed by atoms with Gasteiger partial charge in [0.1, 0.15) is 5.76 Å². The van der Waals surface area contributed by atoms with Crippen molar-refractivity contribution in [2.24, 2.45) is 4.99 Å². The first-order chi connectivity index (χ1) is 14.0. The number of nitrogens with zero attached hydrogens (tertiary/aromatic N) is 2. The third-order valence-electron chi connectivity index (χ3n) is 4.94. The zero-order valence-corrected chi connectivity index (χ0v) is 17.7. The lowest BCUT2D eigenvalue weighted by molar-refractivity contribution is 0.506. The summed E-state index contributed by atoms with van der Waals surface area (Å²) in [5, 5.41) is 6.59. The first-order valence-electron chi connectivity index (χ1n) is 10.1. The maximum atomic E-state index is 11.7. The Labute approximate surface area is 173 Å². The monoisotopic (exact) mass is 418 g/mol. The molecule has 3 rings (SSSR count). The molecular formula is C21H30N4O3S. The van der Waals surface area contributed by atoms with Crippen LogP contribution in [0.2, 0.25) is 0 Å². The van der Waals surface area contributed by atoms with Gasteiger partial charge in [-0.25, -0.2) is 8.42 Å². The molecule has 1 aromatic carbocycles. The van der Waals surface area contributed by atoms with E-state index in [-0.39, 0.29) is 17.5 Å². The van der Waals surface area contributed by atoms with E-state index in [1.807, 2.05) is 30.3 Å². The molecule has 1 saturated heterocycles. The Kier molecular flexibility index (Phi) is 7.57. The lowest BCUT2D eigenvalue weighted by atomic mass is 10.2. The molecule has 0 bridgehead atoms. The van der Waals surface area contributed by atoms with Crippen LogP contribution in [-0.2, 0) is 16.3 Å². The topological polar surface area (TPSA) is 86.9 Å². The van der Waals surface area contributed by atoms with Crippen LogP contribution in [0.4, 0.5) is 5.69 Å². The minimum Gasteiger partial charge on any atom is -0.469 e. The number of guanidine groups is 1. The molecule has 0 aliphatic carbocycles. The van der Waals surface area contributed by atoms with Crippen LogP contribution < -0.4 is 15.5 Å². The average molecular weight is 419 g/mol. The van der Waals surface area contributed by atoms with Crippen molar-refractivity contribution in [2.45, 2.75) is 25.3 Å². The number of aliphatic imine (C=N–C) groups is 1. The number of nitrogens with one attached hydrogen (secondary N) is 2. The summed E-state index contributed by atoms with van der Waals surface area (Å²) in [6.07, 6.45) is 3.93. The SMILES string of the molecule is CN(CCCN=C(NCCc1ccco1)NC1CCS(=O)(=O)C1)c1ccccc1. The molecule has 7 nitrogen and oxygen atoms in total. The summed E-state index contributed by atoms with van der Waals surface area (Å²) in [4.78, 5) is 6.87. The number of hydrogen-bond acceptors (Lipinski definition) is 5. The number of hydrogen-bond donors (Lipinski definition) is 2. The fraction of sp³-hybridized carbons (Fsp3) is 0.476. The van der Waals surface area contributed by atoms with E-state index in [0.29, 0.717) is 25.5 Å². The van der Waals surface area contributed by atoms with Crippen LogP contribution in [0, 0.1) is 0 Å². The Balaban J connectivity index is 1.50. The number of anilines is 1. The van der Waals surface area contributed by atoms with Crippen LogP contribution in [0.25, 0.3) is 0 Å². The van der Waals surface area contributed by atoms with Crippen LogP contribution in [0.1, 0.15) is 18.6 Å². The number of sulfone groups is 1. The predicted molar refractivity (Wildman–Crippen MR) is 117 cm³/mol. The van der Waals surface area contributed by atoms with Crippen molar-refractivity contribution >= 4 is 21.5 Å². The van der Waals surface area contributed by atoms with Crippen molar-refractivity contribution in [1.29, 1.82) is 0 Å². The molecule has 158 valence electrons. The molecule has 2 aromatic rings. The molecule has 2 heterocycles. The van der Waals surface area contributed by atoms with Gasteiger partial charge < -0.3 is 20.0 Å². The molecule has 1 aromatic heterocycles. The van der Waals surface area contributed by atoms with Crippen molar-refractivity contribution in [2.75, 3.05) is 43.1 Å². The molecule has 1 aliphatic rings. The van der Waals surface area contributed by atoms with Crippen molar-refractivity contribution < 1.29 is 12.8 Å². The molecule has 8 heteroatoms. The van der Waals surface area contributed by atoms with E-state index in [1.54, 1.807) is 6.26 Å². The largest absolute Gasteiger partial charge is 0.469 e. The van der Waals surface area contributed by atoms with Gasteiger partial charge in [0.15, 0.2) is 15.8 Å². The van der Waals surface area contributed by atoms with Crippen molar-refractivity contribution in [3.05, 3.63) is 54.5 Å². The molecule has 0 radical (unpaired) electrons. The van der Waals surface area contributed by atoms with Gasteiger partial charge in [-0.05, 0) is 37.1 Å². The summed E-state index contributed by atoms with van der Waals surface area (Å²) < 4.78 is 28.8. The summed E-state index contributed by atoms with van der Waals surface area (Å²) in [5.74, 6) is 1.99. The molecule has 1 fully saturated rings. The van der Waals surface area contributed by atoms with Gasteiger partial charge in [0, 0.05) is 44.8 Å². The van der Waals surface area contributed by atoms with Crippen LogP contribution >= 0.6 is 0 Å². The number of rotatable bonds is 9. The Morgan fingerprint density at radius 3 is 2.76 bits per heavy atom. The van der Waals surface area contributed by atoms with E-state index < -0.39 is 9.84 Å². The molecule has 0 saturated carbocycles. The van der Waals surface area contributed by atoms with Gasteiger partial charge in [0.05, 0.1) is 17.8 Å². The highest BCUT2D eigenvalue weighted by atomic mass is 32.2. The minimum absolute atomic E-state index is 0.0816. The van der Waals surface area contributed by atoms with Crippen LogP contribution in [0.15, 0.2) is 58.1 Å². The summed E-state index contributed by atoms with van der Waals surface area (Å²) in [6.45, 7) is 2.22. The van der Waals surface area contributed by atoms with Crippen molar-refractivity contribution in [3.63, 3.8) is 0 Å². The Hall–Kier alpha value is -2.48. The fourth-order valence-electron chi connectivity index (χ4n) is 3.32. The number of furan rings is 1. The van der Waals surface area contributed by atoms with Gasteiger partial charge in [-0.3, -0.25) is 4.99 Å². The molecule has 1 aliphatic heterocycles. The summed E-state index contributed by atoms with van der Waals surface area (Å²) in [7, 11) is -0.858. The van der Waals surface area contributed by atoms with E-state index in [1.165, 1.54) is 5.69 Å². The second kappa shape index (κ2) is 10.3. The maximum Gasteiger partial charge on any atom is 0.191 e. The molecule has 0 spiro atoms. The van der Waals surface area contributed by atoms with E-state index in [4.69, 9.17) is 4.42 Å². The lowest BCUT2D eigenvalue weighted by Crippen LogP contribution is -2.44. The number of para-hydroxylation sites is 1. The molecule has 2 N–H and O–H groups in total. The zero-order valence-electron chi connectivity index (χ0n) is 16.9. The van der Waals surface area contributed by atoms with Crippen LogP contribution in [0.5, 0.6) is 0 Å². The van der Waals surface area contributed by atoms with Gasteiger partial charge in [-0.2, -0.15) is 0 Å². The zero-order chi connectivity index (χ0) is 20.5. The normalized spacial score (nSPS) is 18.5. The van der Waals surface area contributed by atoms with Crippen molar-refractivity contribution in [3.8, 4) is 0 Å². The lowest BCUT2D eigenvalue weighted by Gasteiger charge is -2.19. The smallest absolute Gasteiger partial charge is 0.191 e. The maximum absolute atomic E-state index is 11.7. The highest BCUT2D eigenvalue weighted by Crippen LogP contribution is 2.12. The molecule has 1 atom stereocenters. The third kappa shape index (κ3) is 7.12. The summed E-state index contributed by atoms with van der Waals surface area (Å²) in [5.41, 5.74) is 1.18. The van der Waals surface area contributed by atoms with Gasteiger partial charge in [0.25, 0.3) is 0 Å². The van der Waals surface area contributed by atoms with Crippen LogP contribution in [0.3, 0.4) is 0 Å². The molecule has 0 amide bonds. The Morgan fingerprint density at radius 2 is 2.07 bits per heavy atom. The second-order valence-electron chi connectivity index (χ2n) is 7.34. The van der Waals surface area contributed by atoms with E-state index in [9.17, 15) is 8.42 Å². The van der Waals surface area contributed by atoms with E-state index >= 15 is 0 Å². The Morgan fingerprint density at radius 1 is 1.24 bits per heavy atom. The van der Waals surface area contributed by atoms with Crippen LogP contribution in [-0.4, -0.2) is 58.6 Å². The van der Waals surface area contributed by atoms with Gasteiger partial charge >= 0.3 is 0 Å². The number of benzene rings is 1. The third-order valence-corrected chi connectivity index (χ3v) is 6.70. The average Bonchev–Trinajstić information content (AvgIpc) is 3.34. The van der Waals surface area contributed by atoms with Gasteiger partial charge in [-0.1, -0.05) is 18.2 Å². The highest BCUT2D eigenvalue weighted by Gasteiger charge is 2.28. The molecule has 1 unspecified atom stereocenters. The molecular weight excluding hydrogens is 388 g/mol. The minimum atomic E-state index is -2.93. The summed E-state index contributed by atoms with van der Waals surface area (Å²) in [6, 6.07) is 14.0. The van der Waals surface area contributed by atoms with E-state index in [0.717, 1.165) is 25.1 Å². The van der Waals surface area contributed by atoms with E-state index in [2.05, 4.69) is 39.7 Å². The molecule has 29 heavy (non-hydrogen) atoms. The summed E-state index contributed by atoms with van der Waals surface area (Å²) >= 11 is 0. The first-order valence-corrected chi connectivity index (χ1v) is 11.9. The second-order valence-corrected chi connectivity index (χ2v) is 9.57. The first kappa shape index (κ1) is 21.2. The highest BCUT2D eigenvalue weighted by molar-refractivity contribution is 7.91. The van der Waals surface area contributed by atoms with Gasteiger partial charge in [-0.15, -0.1) is 0 Å². The van der Waals surface area contributed by atoms with Gasteiger partial charge in [0.2, 0.25) is 0 Å². The Bertz CT molecular complexity index is 867. The fourth-order valence-corrected chi connectivity index (χ4v) is 5.00. The standard InChI is InChI=1S/C21H30N4O3S/c1-25(19-7-3-2-4-8-19)14-6-12-22-21(23-13-10-20-9-5-15-28-20)24-18-11-16-29(26,27)17-18/h2-5,7-9,15,18H,6,10-14,16-17H2,1H3,(H2,22,23,24). The predicted octanol–water partition coefficient (Wildman–Crippen LogP) is 2.07. The van der Waals surface area contributed by atoms with Crippen molar-refractivity contribution in [1.82, 2.24) is 10.6 Å². The quantitative estimate of drug-likeness (QED) is 0.368.